The highest BCUT2D eigenvalue weighted by molar-refractivity contribution is 7.90. The lowest BCUT2D eigenvalue weighted by Gasteiger charge is -2.34. The van der Waals surface area contributed by atoms with Crippen LogP contribution >= 0.6 is 0 Å². The van der Waals surface area contributed by atoms with Gasteiger partial charge in [0.2, 0.25) is 0 Å². The third-order valence-electron chi connectivity index (χ3n) is 4.85. The normalized spacial score (nSPS) is 24.7. The molecule has 118 valence electrons. The Morgan fingerprint density at radius 2 is 1.90 bits per heavy atom. The first-order valence-corrected chi connectivity index (χ1v) is 9.82. The Hall–Kier alpha value is -0.870. The zero-order valence-electron chi connectivity index (χ0n) is 13.3. The van der Waals surface area contributed by atoms with Crippen LogP contribution in [-0.4, -0.2) is 21.7 Å². The maximum Gasteiger partial charge on any atom is 0.175 e. The second-order valence-corrected chi connectivity index (χ2v) is 8.32. The van der Waals surface area contributed by atoms with Crippen LogP contribution in [0.4, 0.5) is 0 Å². The molecule has 4 heteroatoms. The molecule has 0 amide bonds. The van der Waals surface area contributed by atoms with Crippen molar-refractivity contribution in [1.29, 1.82) is 0 Å². The molecule has 3 atom stereocenters. The van der Waals surface area contributed by atoms with Crippen LogP contribution in [0.2, 0.25) is 0 Å². The lowest BCUT2D eigenvalue weighted by Crippen LogP contribution is -2.29. The van der Waals surface area contributed by atoms with Crippen LogP contribution in [0.3, 0.4) is 0 Å². The van der Waals surface area contributed by atoms with Gasteiger partial charge in [0.25, 0.3) is 0 Å². The molecule has 1 fully saturated rings. The van der Waals surface area contributed by atoms with Crippen molar-refractivity contribution in [3.8, 4) is 0 Å². The second kappa shape index (κ2) is 6.93. The molecule has 2 rings (SSSR count). The van der Waals surface area contributed by atoms with Crippen LogP contribution in [0.5, 0.6) is 0 Å². The van der Waals surface area contributed by atoms with E-state index in [9.17, 15) is 8.42 Å². The van der Waals surface area contributed by atoms with Gasteiger partial charge in [-0.25, -0.2) is 8.42 Å². The van der Waals surface area contributed by atoms with E-state index in [2.05, 4.69) is 12.2 Å². The van der Waals surface area contributed by atoms with Crippen molar-refractivity contribution in [2.75, 3.05) is 13.3 Å². The number of nitrogens with one attached hydrogen (secondary N) is 1. The van der Waals surface area contributed by atoms with E-state index in [1.54, 1.807) is 12.1 Å². The van der Waals surface area contributed by atoms with Crippen LogP contribution in [0.25, 0.3) is 0 Å². The highest BCUT2D eigenvalue weighted by Crippen LogP contribution is 2.38. The monoisotopic (exact) mass is 309 g/mol. The molecular weight excluding hydrogens is 282 g/mol. The number of sulfone groups is 1. The molecule has 0 aromatic heterocycles. The Bertz CT molecular complexity index is 551. The van der Waals surface area contributed by atoms with Crippen molar-refractivity contribution >= 4 is 9.84 Å². The van der Waals surface area contributed by atoms with Gasteiger partial charge in [-0.3, -0.25) is 0 Å². The van der Waals surface area contributed by atoms with Gasteiger partial charge in [-0.15, -0.1) is 0 Å². The topological polar surface area (TPSA) is 46.2 Å². The second-order valence-electron chi connectivity index (χ2n) is 6.31. The first-order valence-electron chi connectivity index (χ1n) is 7.93. The van der Waals surface area contributed by atoms with Crippen molar-refractivity contribution in [3.63, 3.8) is 0 Å². The molecule has 1 aliphatic rings. The summed E-state index contributed by atoms with van der Waals surface area (Å²) >= 11 is 0. The molecular formula is C17H27NO2S. The smallest absolute Gasteiger partial charge is 0.175 e. The minimum atomic E-state index is -3.11. The fourth-order valence-electron chi connectivity index (χ4n) is 3.60. The summed E-state index contributed by atoms with van der Waals surface area (Å²) in [6, 6.07) is 7.72. The van der Waals surface area contributed by atoms with E-state index in [4.69, 9.17) is 0 Å². The summed E-state index contributed by atoms with van der Waals surface area (Å²) in [5.74, 6) is 1.49. The average Bonchev–Trinajstić information content (AvgIpc) is 2.48. The van der Waals surface area contributed by atoms with Crippen molar-refractivity contribution in [2.24, 2.45) is 11.8 Å². The summed E-state index contributed by atoms with van der Waals surface area (Å²) in [6.45, 7) is 2.28. The van der Waals surface area contributed by atoms with Gasteiger partial charge >= 0.3 is 0 Å². The molecule has 1 N–H and O–H groups in total. The van der Waals surface area contributed by atoms with Gasteiger partial charge in [0, 0.05) is 12.3 Å². The van der Waals surface area contributed by atoms with Crippen LogP contribution < -0.4 is 5.32 Å². The fraction of sp³-hybridized carbons (Fsp3) is 0.647. The molecule has 1 saturated carbocycles. The summed E-state index contributed by atoms with van der Waals surface area (Å²) in [6.07, 6.45) is 7.72. The Balaban J connectivity index is 2.17. The molecule has 3 nitrogen and oxygen atoms in total. The molecule has 0 saturated heterocycles. The van der Waals surface area contributed by atoms with Gasteiger partial charge in [0.1, 0.15) is 0 Å². The largest absolute Gasteiger partial charge is 0.313 e. The summed E-state index contributed by atoms with van der Waals surface area (Å²) < 4.78 is 23.1. The Morgan fingerprint density at radius 1 is 1.24 bits per heavy atom. The lowest BCUT2D eigenvalue weighted by atomic mass is 9.75. The Labute approximate surface area is 129 Å². The molecule has 21 heavy (non-hydrogen) atoms. The van der Waals surface area contributed by atoms with Crippen molar-refractivity contribution in [2.45, 2.75) is 50.0 Å². The molecule has 1 aliphatic carbocycles. The average molecular weight is 309 g/mol. The minimum absolute atomic E-state index is 0.327. The van der Waals surface area contributed by atoms with E-state index >= 15 is 0 Å². The quantitative estimate of drug-likeness (QED) is 0.904. The van der Waals surface area contributed by atoms with Gasteiger partial charge < -0.3 is 5.32 Å². The van der Waals surface area contributed by atoms with Gasteiger partial charge in [-0.05, 0) is 49.4 Å². The number of hydrogen-bond donors (Lipinski definition) is 1. The predicted molar refractivity (Wildman–Crippen MR) is 87.1 cm³/mol. The van der Waals surface area contributed by atoms with Crippen molar-refractivity contribution in [1.82, 2.24) is 5.32 Å². The molecule has 0 spiro atoms. The zero-order chi connectivity index (χ0) is 15.5. The van der Waals surface area contributed by atoms with Crippen LogP contribution in [-0.2, 0) is 9.84 Å². The van der Waals surface area contributed by atoms with Crippen LogP contribution in [0.15, 0.2) is 29.2 Å². The van der Waals surface area contributed by atoms with Crippen molar-refractivity contribution in [3.05, 3.63) is 29.8 Å². The van der Waals surface area contributed by atoms with E-state index in [1.807, 2.05) is 19.2 Å². The SMILES string of the molecule is CCC1CCCC(C(NC)c2ccc(S(C)(=O)=O)cc2)C1. The number of benzene rings is 1. The molecule has 0 bridgehead atoms. The summed E-state index contributed by atoms with van der Waals surface area (Å²) in [5.41, 5.74) is 1.20. The van der Waals surface area contributed by atoms with Crippen LogP contribution in [0, 0.1) is 11.8 Å². The Morgan fingerprint density at radius 3 is 2.43 bits per heavy atom. The molecule has 0 heterocycles. The minimum Gasteiger partial charge on any atom is -0.313 e. The highest BCUT2D eigenvalue weighted by atomic mass is 32.2. The summed E-state index contributed by atoms with van der Waals surface area (Å²) in [5, 5.41) is 3.44. The molecule has 3 unspecified atom stereocenters. The first kappa shape index (κ1) is 16.5. The third-order valence-corrected chi connectivity index (χ3v) is 5.98. The van der Waals surface area contributed by atoms with Gasteiger partial charge in [0.05, 0.1) is 4.90 Å². The number of hydrogen-bond acceptors (Lipinski definition) is 3. The van der Waals surface area contributed by atoms with Gasteiger partial charge in [-0.1, -0.05) is 38.3 Å². The van der Waals surface area contributed by atoms with E-state index in [0.717, 1.165) is 5.92 Å². The zero-order valence-corrected chi connectivity index (χ0v) is 14.1. The highest BCUT2D eigenvalue weighted by Gasteiger charge is 2.28. The number of rotatable bonds is 5. The summed E-state index contributed by atoms with van der Waals surface area (Å²) in [4.78, 5) is 0.399. The first-order chi connectivity index (χ1) is 9.95. The Kier molecular flexibility index (Phi) is 5.44. The lowest BCUT2D eigenvalue weighted by molar-refractivity contribution is 0.214. The molecule has 1 aromatic carbocycles. The van der Waals surface area contributed by atoms with Crippen molar-refractivity contribution < 1.29 is 8.42 Å². The standard InChI is InChI=1S/C17H27NO2S/c1-4-13-6-5-7-15(12-13)17(18-2)14-8-10-16(11-9-14)21(3,19)20/h8-11,13,15,17-18H,4-7,12H2,1-3H3. The molecule has 0 aliphatic heterocycles. The van der Waals surface area contributed by atoms with Crippen LogP contribution in [0.1, 0.15) is 50.6 Å². The van der Waals surface area contributed by atoms with E-state index in [1.165, 1.54) is 43.9 Å². The predicted octanol–water partition coefficient (Wildman–Crippen LogP) is 3.57. The molecule has 1 aromatic rings. The van der Waals surface area contributed by atoms with Gasteiger partial charge in [0.15, 0.2) is 9.84 Å². The molecule has 0 radical (unpaired) electrons. The van der Waals surface area contributed by atoms with E-state index < -0.39 is 9.84 Å². The third kappa shape index (κ3) is 4.07. The fourth-order valence-corrected chi connectivity index (χ4v) is 4.23. The maximum atomic E-state index is 11.6. The van der Waals surface area contributed by atoms with Gasteiger partial charge in [-0.2, -0.15) is 0 Å². The maximum absolute atomic E-state index is 11.6. The van der Waals surface area contributed by atoms with E-state index in [0.29, 0.717) is 16.9 Å². The van der Waals surface area contributed by atoms with E-state index in [-0.39, 0.29) is 0 Å². The summed E-state index contributed by atoms with van der Waals surface area (Å²) in [7, 11) is -1.11.